The van der Waals surface area contributed by atoms with Crippen LogP contribution in [0.5, 0.6) is 0 Å². The summed E-state index contributed by atoms with van der Waals surface area (Å²) in [5, 5.41) is 0.705. The molecule has 33 heavy (non-hydrogen) atoms. The molecule has 2 atom stereocenters. The second kappa shape index (κ2) is 15.2. The molecule has 0 aliphatic carbocycles. The van der Waals surface area contributed by atoms with Gasteiger partial charge in [0.2, 0.25) is 0 Å². The topological polar surface area (TPSA) is 0 Å². The summed E-state index contributed by atoms with van der Waals surface area (Å²) in [5.41, 5.74) is 8.58. The van der Waals surface area contributed by atoms with Crippen LogP contribution in [0.15, 0.2) is 71.8 Å². The first-order valence-electron chi connectivity index (χ1n) is 13.1. The Morgan fingerprint density at radius 3 is 1.45 bits per heavy atom. The van der Waals surface area contributed by atoms with E-state index in [0.29, 0.717) is 10.5 Å². The third-order valence-corrected chi connectivity index (χ3v) is 7.36. The second-order valence-electron chi connectivity index (χ2n) is 9.87. The summed E-state index contributed by atoms with van der Waals surface area (Å²) in [4.78, 5) is 0. The highest BCUT2D eigenvalue weighted by atomic mass is 32.2. The summed E-state index contributed by atoms with van der Waals surface area (Å²) in [5.74, 6) is 0. The van der Waals surface area contributed by atoms with E-state index >= 15 is 0 Å². The summed E-state index contributed by atoms with van der Waals surface area (Å²) in [6, 6.07) is 18.7. The van der Waals surface area contributed by atoms with Crippen molar-refractivity contribution in [2.24, 2.45) is 0 Å². The summed E-state index contributed by atoms with van der Waals surface area (Å²) in [6.07, 6.45) is 15.0. The molecular formula is C32H46S. The minimum absolute atomic E-state index is 0.352. The van der Waals surface area contributed by atoms with Crippen molar-refractivity contribution >= 4 is 11.8 Å². The van der Waals surface area contributed by atoms with Crippen LogP contribution in [0.25, 0.3) is 0 Å². The zero-order valence-electron chi connectivity index (χ0n) is 22.0. The van der Waals surface area contributed by atoms with Crippen molar-refractivity contribution in [2.45, 2.75) is 103 Å². The van der Waals surface area contributed by atoms with Gasteiger partial charge >= 0.3 is 0 Å². The Balaban J connectivity index is 2.32. The van der Waals surface area contributed by atoms with Gasteiger partial charge in [-0.3, -0.25) is 0 Å². The van der Waals surface area contributed by atoms with Crippen LogP contribution in [-0.4, -0.2) is 0 Å². The minimum Gasteiger partial charge on any atom is -0.137 e. The Morgan fingerprint density at radius 2 is 1.09 bits per heavy atom. The molecule has 180 valence electrons. The third-order valence-electron chi connectivity index (χ3n) is 5.96. The van der Waals surface area contributed by atoms with Crippen molar-refractivity contribution in [3.63, 3.8) is 0 Å². The van der Waals surface area contributed by atoms with Crippen LogP contribution in [0.4, 0.5) is 0 Å². The first-order valence-corrected chi connectivity index (χ1v) is 14.0. The summed E-state index contributed by atoms with van der Waals surface area (Å²) in [6.45, 7) is 13.5. The van der Waals surface area contributed by atoms with Gasteiger partial charge in [-0.25, -0.2) is 0 Å². The first kappa shape index (κ1) is 27.5. The third kappa shape index (κ3) is 10.4. The largest absolute Gasteiger partial charge is 0.137 e. The van der Waals surface area contributed by atoms with Gasteiger partial charge in [0.25, 0.3) is 0 Å². The van der Waals surface area contributed by atoms with E-state index in [1.165, 1.54) is 84.8 Å². The summed E-state index contributed by atoms with van der Waals surface area (Å²) in [7, 11) is 0. The molecule has 2 aromatic carbocycles. The lowest BCUT2D eigenvalue weighted by Crippen LogP contribution is -2.00. The van der Waals surface area contributed by atoms with E-state index < -0.39 is 0 Å². The van der Waals surface area contributed by atoms with Gasteiger partial charge in [0.15, 0.2) is 0 Å². The van der Waals surface area contributed by atoms with Gasteiger partial charge in [0.1, 0.15) is 0 Å². The van der Waals surface area contributed by atoms with Crippen molar-refractivity contribution in [1.82, 2.24) is 0 Å². The smallest absolute Gasteiger partial charge is 0.0489 e. The fraction of sp³-hybridized carbons (Fsp3) is 0.500. The van der Waals surface area contributed by atoms with E-state index in [-0.39, 0.29) is 0 Å². The van der Waals surface area contributed by atoms with E-state index in [4.69, 9.17) is 0 Å². The van der Waals surface area contributed by atoms with Crippen LogP contribution in [-0.2, 0) is 12.8 Å². The van der Waals surface area contributed by atoms with Crippen LogP contribution >= 0.6 is 11.8 Å². The van der Waals surface area contributed by atoms with Crippen molar-refractivity contribution in [2.75, 3.05) is 0 Å². The molecule has 0 aliphatic rings. The Bertz CT molecular complexity index is 807. The monoisotopic (exact) mass is 462 g/mol. The number of allylic oxidation sites excluding steroid dienone is 2. The maximum absolute atomic E-state index is 2.45. The molecule has 0 heterocycles. The van der Waals surface area contributed by atoms with Crippen LogP contribution in [0.2, 0.25) is 0 Å². The number of aryl methyl sites for hydroxylation is 2. The number of hydrogen-bond acceptors (Lipinski definition) is 1. The fourth-order valence-electron chi connectivity index (χ4n) is 4.20. The molecule has 0 fully saturated rings. The molecule has 0 N–H and O–H groups in total. The molecule has 0 spiro atoms. The summed E-state index contributed by atoms with van der Waals surface area (Å²) >= 11 is 2.07. The fourth-order valence-corrected chi connectivity index (χ4v) is 5.83. The van der Waals surface area contributed by atoms with E-state index in [0.717, 1.165) is 0 Å². The lowest BCUT2D eigenvalue weighted by molar-refractivity contribution is 0.717. The molecular weight excluding hydrogens is 416 g/mol. The first-order chi connectivity index (χ1) is 15.9. The van der Waals surface area contributed by atoms with E-state index in [2.05, 4.69) is 114 Å². The van der Waals surface area contributed by atoms with E-state index in [1.54, 1.807) is 0 Å². The predicted molar refractivity (Wildman–Crippen MR) is 151 cm³/mol. The zero-order valence-corrected chi connectivity index (χ0v) is 22.8. The molecule has 2 aromatic rings. The van der Waals surface area contributed by atoms with Crippen molar-refractivity contribution in [3.05, 3.63) is 94.1 Å². The SMILES string of the molecule is CCCCCc1cccc(C(C=C(C)C)SC(C=C(C)C)c2cccc(CCCCC)c2)c1. The number of benzene rings is 2. The van der Waals surface area contributed by atoms with Gasteiger partial charge in [-0.15, -0.1) is 11.8 Å². The predicted octanol–water partition coefficient (Wildman–Crippen LogP) is 10.6. The van der Waals surface area contributed by atoms with Crippen LogP contribution in [0.3, 0.4) is 0 Å². The molecule has 0 nitrogen and oxygen atoms in total. The maximum atomic E-state index is 2.45. The number of unbranched alkanes of at least 4 members (excludes halogenated alkanes) is 4. The Kier molecular flexibility index (Phi) is 12.7. The van der Waals surface area contributed by atoms with Crippen LogP contribution < -0.4 is 0 Å². The van der Waals surface area contributed by atoms with Gasteiger partial charge in [-0.05, 0) is 75.6 Å². The normalized spacial score (nSPS) is 12.8. The minimum atomic E-state index is 0.352. The molecule has 0 saturated heterocycles. The Hall–Kier alpha value is -1.73. The second-order valence-corrected chi connectivity index (χ2v) is 11.2. The number of rotatable bonds is 14. The quantitative estimate of drug-likeness (QED) is 0.199. The highest BCUT2D eigenvalue weighted by Gasteiger charge is 2.18. The molecule has 1 heteroatoms. The van der Waals surface area contributed by atoms with Gasteiger partial charge in [0, 0.05) is 10.5 Å². The highest BCUT2D eigenvalue weighted by Crippen LogP contribution is 2.43. The van der Waals surface area contributed by atoms with Gasteiger partial charge in [-0.1, -0.05) is 111 Å². The van der Waals surface area contributed by atoms with E-state index in [9.17, 15) is 0 Å². The molecule has 0 saturated carbocycles. The lowest BCUT2D eigenvalue weighted by atomic mass is 10.0. The van der Waals surface area contributed by atoms with Crippen molar-refractivity contribution in [1.29, 1.82) is 0 Å². The highest BCUT2D eigenvalue weighted by molar-refractivity contribution is 8.00. The van der Waals surface area contributed by atoms with Gasteiger partial charge < -0.3 is 0 Å². The molecule has 0 bridgehead atoms. The Morgan fingerprint density at radius 1 is 0.667 bits per heavy atom. The molecule has 2 rings (SSSR count). The van der Waals surface area contributed by atoms with E-state index in [1.807, 2.05) is 0 Å². The standard InChI is InChI=1S/C32H46S/c1-7-9-11-15-27-17-13-19-29(23-27)31(21-25(3)4)33-32(22-26(5)6)30-20-14-18-28(24-30)16-12-10-8-2/h13-14,17-24,31-32H,7-12,15-16H2,1-6H3. The number of hydrogen-bond donors (Lipinski definition) is 0. The van der Waals surface area contributed by atoms with Crippen molar-refractivity contribution in [3.8, 4) is 0 Å². The summed E-state index contributed by atoms with van der Waals surface area (Å²) < 4.78 is 0. The molecule has 0 aliphatic heterocycles. The average molecular weight is 463 g/mol. The van der Waals surface area contributed by atoms with Crippen LogP contribution in [0, 0.1) is 0 Å². The Labute approximate surface area is 209 Å². The lowest BCUT2D eigenvalue weighted by Gasteiger charge is -2.22. The average Bonchev–Trinajstić information content (AvgIpc) is 2.78. The number of thioether (sulfide) groups is 1. The molecule has 2 unspecified atom stereocenters. The molecule has 0 aromatic heterocycles. The maximum Gasteiger partial charge on any atom is 0.0489 e. The molecule has 0 amide bonds. The molecule has 0 radical (unpaired) electrons. The van der Waals surface area contributed by atoms with Crippen molar-refractivity contribution < 1.29 is 0 Å². The van der Waals surface area contributed by atoms with Gasteiger partial charge in [0.05, 0.1) is 0 Å². The zero-order chi connectivity index (χ0) is 24.1. The van der Waals surface area contributed by atoms with Crippen LogP contribution in [0.1, 0.15) is 113 Å². The van der Waals surface area contributed by atoms with Gasteiger partial charge in [-0.2, -0.15) is 0 Å².